The summed E-state index contributed by atoms with van der Waals surface area (Å²) in [4.78, 5) is 12.2. The average molecular weight is 320 g/mol. The smallest absolute Gasteiger partial charge is 0.253 e. The van der Waals surface area contributed by atoms with Crippen LogP contribution in [0.15, 0.2) is 18.2 Å². The van der Waals surface area contributed by atoms with Crippen LogP contribution in [0, 0.1) is 12.7 Å². The third-order valence-corrected chi connectivity index (χ3v) is 3.73. The van der Waals surface area contributed by atoms with E-state index in [1.807, 2.05) is 0 Å². The standard InChI is InChI=1S/C14H17FN6O2/c1-8-18-19-20-21(8)12-6-9(2-4-11(12)15)17-14(22)13-5-3-10(7-16)23-13/h2,4,6,10,13H,3,5,7,16H2,1H3,(H,17,22)/t10-,13+/m1/s1. The van der Waals surface area contributed by atoms with Gasteiger partial charge in [-0.1, -0.05) is 0 Å². The van der Waals surface area contributed by atoms with Gasteiger partial charge < -0.3 is 15.8 Å². The first kappa shape index (κ1) is 15.5. The van der Waals surface area contributed by atoms with Crippen molar-refractivity contribution in [2.24, 2.45) is 5.73 Å². The number of carbonyl (C=O) groups excluding carboxylic acids is 1. The average Bonchev–Trinajstić information content (AvgIpc) is 3.18. The maximum atomic E-state index is 14.0. The molecule has 1 aromatic heterocycles. The van der Waals surface area contributed by atoms with E-state index in [4.69, 9.17) is 10.5 Å². The topological polar surface area (TPSA) is 108 Å². The molecule has 0 saturated carbocycles. The molecule has 9 heteroatoms. The quantitative estimate of drug-likeness (QED) is 0.852. The van der Waals surface area contributed by atoms with Crippen molar-refractivity contribution in [2.75, 3.05) is 11.9 Å². The highest BCUT2D eigenvalue weighted by molar-refractivity contribution is 5.94. The number of aryl methyl sites for hydroxylation is 1. The summed E-state index contributed by atoms with van der Waals surface area (Å²) >= 11 is 0. The van der Waals surface area contributed by atoms with Gasteiger partial charge in [0, 0.05) is 12.2 Å². The monoisotopic (exact) mass is 320 g/mol. The first-order chi connectivity index (χ1) is 11.1. The summed E-state index contributed by atoms with van der Waals surface area (Å²) in [6.07, 6.45) is 0.756. The van der Waals surface area contributed by atoms with E-state index in [0.29, 0.717) is 24.5 Å². The fourth-order valence-electron chi connectivity index (χ4n) is 2.50. The number of anilines is 1. The van der Waals surface area contributed by atoms with Gasteiger partial charge >= 0.3 is 0 Å². The van der Waals surface area contributed by atoms with Gasteiger partial charge in [0.15, 0.2) is 5.82 Å². The second-order valence-electron chi connectivity index (χ2n) is 5.35. The number of nitrogens with zero attached hydrogens (tertiary/aromatic N) is 4. The summed E-state index contributed by atoms with van der Waals surface area (Å²) in [5, 5.41) is 13.7. The number of benzene rings is 1. The zero-order valence-electron chi connectivity index (χ0n) is 12.6. The van der Waals surface area contributed by atoms with Crippen LogP contribution in [0.5, 0.6) is 0 Å². The summed E-state index contributed by atoms with van der Waals surface area (Å²) in [6, 6.07) is 4.21. The Morgan fingerprint density at radius 3 is 3.00 bits per heavy atom. The van der Waals surface area contributed by atoms with Gasteiger partial charge in [-0.05, 0) is 48.4 Å². The molecule has 0 radical (unpaired) electrons. The van der Waals surface area contributed by atoms with Crippen molar-refractivity contribution in [1.29, 1.82) is 0 Å². The molecule has 1 amide bonds. The Hall–Kier alpha value is -2.39. The highest BCUT2D eigenvalue weighted by atomic mass is 19.1. The molecule has 0 unspecified atom stereocenters. The van der Waals surface area contributed by atoms with Crippen molar-refractivity contribution in [2.45, 2.75) is 32.0 Å². The molecule has 0 spiro atoms. The van der Waals surface area contributed by atoms with E-state index in [1.165, 1.54) is 22.9 Å². The Balaban J connectivity index is 1.77. The highest BCUT2D eigenvalue weighted by Crippen LogP contribution is 2.22. The Morgan fingerprint density at radius 2 is 2.35 bits per heavy atom. The second-order valence-corrected chi connectivity index (χ2v) is 5.35. The fourth-order valence-corrected chi connectivity index (χ4v) is 2.50. The fraction of sp³-hybridized carbons (Fsp3) is 0.429. The molecule has 0 aliphatic carbocycles. The molecular weight excluding hydrogens is 303 g/mol. The van der Waals surface area contributed by atoms with E-state index in [0.717, 1.165) is 6.42 Å². The highest BCUT2D eigenvalue weighted by Gasteiger charge is 2.30. The van der Waals surface area contributed by atoms with Crippen LogP contribution >= 0.6 is 0 Å². The van der Waals surface area contributed by atoms with Crippen LogP contribution in [0.25, 0.3) is 5.69 Å². The summed E-state index contributed by atoms with van der Waals surface area (Å²) in [5.41, 5.74) is 6.14. The van der Waals surface area contributed by atoms with Crippen LogP contribution in [0.4, 0.5) is 10.1 Å². The molecule has 1 aliphatic heterocycles. The molecule has 0 bridgehead atoms. The number of amides is 1. The Bertz CT molecular complexity index is 719. The normalized spacial score (nSPS) is 20.7. The third-order valence-electron chi connectivity index (χ3n) is 3.73. The number of ether oxygens (including phenoxy) is 1. The Kier molecular flexibility index (Phi) is 4.30. The molecule has 1 saturated heterocycles. The Labute approximate surface area is 131 Å². The van der Waals surface area contributed by atoms with E-state index < -0.39 is 11.9 Å². The summed E-state index contributed by atoms with van der Waals surface area (Å²) in [6.45, 7) is 2.05. The van der Waals surface area contributed by atoms with Crippen LogP contribution in [-0.2, 0) is 9.53 Å². The summed E-state index contributed by atoms with van der Waals surface area (Å²) in [7, 11) is 0. The van der Waals surface area contributed by atoms with Gasteiger partial charge in [-0.25, -0.2) is 4.39 Å². The van der Waals surface area contributed by atoms with Gasteiger partial charge in [0.25, 0.3) is 5.91 Å². The molecule has 3 N–H and O–H groups in total. The first-order valence-electron chi connectivity index (χ1n) is 7.30. The maximum absolute atomic E-state index is 14.0. The number of carbonyl (C=O) groups is 1. The van der Waals surface area contributed by atoms with Gasteiger partial charge in [0.2, 0.25) is 0 Å². The van der Waals surface area contributed by atoms with E-state index in [1.54, 1.807) is 6.92 Å². The first-order valence-corrected chi connectivity index (χ1v) is 7.30. The predicted molar refractivity (Wildman–Crippen MR) is 79.4 cm³/mol. The van der Waals surface area contributed by atoms with Crippen LogP contribution in [0.3, 0.4) is 0 Å². The van der Waals surface area contributed by atoms with Crippen LogP contribution in [-0.4, -0.2) is 44.9 Å². The lowest BCUT2D eigenvalue weighted by atomic mass is 10.2. The molecule has 2 atom stereocenters. The van der Waals surface area contributed by atoms with Crippen molar-refractivity contribution in [3.63, 3.8) is 0 Å². The number of tetrazole rings is 1. The molecule has 2 aromatic rings. The van der Waals surface area contributed by atoms with E-state index >= 15 is 0 Å². The molecule has 3 rings (SSSR count). The minimum absolute atomic E-state index is 0.0848. The van der Waals surface area contributed by atoms with Crippen molar-refractivity contribution in [1.82, 2.24) is 20.2 Å². The Morgan fingerprint density at radius 1 is 1.52 bits per heavy atom. The number of aromatic nitrogens is 4. The number of hydrogen-bond donors (Lipinski definition) is 2. The van der Waals surface area contributed by atoms with Crippen LogP contribution < -0.4 is 11.1 Å². The van der Waals surface area contributed by atoms with Gasteiger partial charge in [-0.3, -0.25) is 4.79 Å². The van der Waals surface area contributed by atoms with Crippen molar-refractivity contribution in [3.05, 3.63) is 29.8 Å². The number of halogens is 1. The van der Waals surface area contributed by atoms with Crippen LogP contribution in [0.2, 0.25) is 0 Å². The van der Waals surface area contributed by atoms with Crippen LogP contribution in [0.1, 0.15) is 18.7 Å². The predicted octanol–water partition coefficient (Wildman–Crippen LogP) is 0.555. The van der Waals surface area contributed by atoms with E-state index in [9.17, 15) is 9.18 Å². The van der Waals surface area contributed by atoms with Gasteiger partial charge in [-0.15, -0.1) is 5.10 Å². The molecule has 1 fully saturated rings. The van der Waals surface area contributed by atoms with Crippen molar-refractivity contribution in [3.8, 4) is 5.69 Å². The largest absolute Gasteiger partial charge is 0.364 e. The number of rotatable bonds is 4. The molecule has 1 aliphatic rings. The van der Waals surface area contributed by atoms with Gasteiger partial charge in [0.05, 0.1) is 6.10 Å². The minimum Gasteiger partial charge on any atom is -0.364 e. The lowest BCUT2D eigenvalue weighted by Gasteiger charge is -2.13. The molecule has 2 heterocycles. The molecule has 8 nitrogen and oxygen atoms in total. The van der Waals surface area contributed by atoms with Gasteiger partial charge in [-0.2, -0.15) is 4.68 Å². The van der Waals surface area contributed by atoms with E-state index in [-0.39, 0.29) is 17.7 Å². The lowest BCUT2D eigenvalue weighted by molar-refractivity contribution is -0.126. The third kappa shape index (κ3) is 3.20. The zero-order chi connectivity index (χ0) is 16.4. The molecule has 122 valence electrons. The second kappa shape index (κ2) is 6.39. The molecule has 1 aromatic carbocycles. The maximum Gasteiger partial charge on any atom is 0.253 e. The van der Waals surface area contributed by atoms with E-state index in [2.05, 4.69) is 20.8 Å². The van der Waals surface area contributed by atoms with Crippen molar-refractivity contribution >= 4 is 11.6 Å². The molecule has 23 heavy (non-hydrogen) atoms. The lowest BCUT2D eigenvalue weighted by Crippen LogP contribution is -2.29. The number of nitrogens with one attached hydrogen (secondary N) is 1. The number of nitrogens with two attached hydrogens (primary N) is 1. The zero-order valence-corrected chi connectivity index (χ0v) is 12.6. The number of hydrogen-bond acceptors (Lipinski definition) is 6. The summed E-state index contributed by atoms with van der Waals surface area (Å²) < 4.78 is 20.8. The van der Waals surface area contributed by atoms with Gasteiger partial charge in [0.1, 0.15) is 17.6 Å². The van der Waals surface area contributed by atoms with Crippen molar-refractivity contribution < 1.29 is 13.9 Å². The molecular formula is C14H17FN6O2. The minimum atomic E-state index is -0.535. The summed E-state index contributed by atoms with van der Waals surface area (Å²) in [5.74, 6) is -0.317. The SMILES string of the molecule is Cc1nnnn1-c1cc(NC(=O)[C@@H]2CC[C@H](CN)O2)ccc1F.